The summed E-state index contributed by atoms with van der Waals surface area (Å²) >= 11 is 0. The summed E-state index contributed by atoms with van der Waals surface area (Å²) in [4.78, 5) is 13.9. The van der Waals surface area contributed by atoms with E-state index in [1.165, 1.54) is 0 Å². The van der Waals surface area contributed by atoms with Crippen molar-refractivity contribution in [2.45, 2.75) is 25.7 Å². The molecule has 0 bridgehead atoms. The average Bonchev–Trinajstić information content (AvgIpc) is 2.50. The lowest BCUT2D eigenvalue weighted by molar-refractivity contribution is 0.0118. The lowest BCUT2D eigenvalue weighted by Crippen LogP contribution is -2.41. The molecule has 0 fully saturated rings. The summed E-state index contributed by atoms with van der Waals surface area (Å²) in [7, 11) is 1.98. The fraction of sp³-hybridized carbons (Fsp3) is 0.533. The van der Waals surface area contributed by atoms with Crippen LogP contribution in [0.4, 0.5) is 14.5 Å². The first-order chi connectivity index (χ1) is 9.89. The Balaban J connectivity index is 0. The number of hydrogen-bond acceptors (Lipinski definition) is 3. The topological polar surface area (TPSA) is 58.4 Å². The fourth-order valence-corrected chi connectivity index (χ4v) is 1.78. The largest absolute Gasteiger partial charge is 0.375 e. The van der Waals surface area contributed by atoms with Gasteiger partial charge in [-0.05, 0) is 30.7 Å². The minimum Gasteiger partial charge on any atom is -0.375 e. The van der Waals surface area contributed by atoms with Crippen LogP contribution in [-0.2, 0) is 0 Å². The molecule has 8 heteroatoms. The Bertz CT molecular complexity index is 459. The molecule has 0 aromatic heterocycles. The van der Waals surface area contributed by atoms with E-state index in [2.05, 4.69) is 17.1 Å². The highest BCUT2D eigenvalue weighted by Gasteiger charge is 2.27. The Labute approximate surface area is 148 Å². The van der Waals surface area contributed by atoms with Crippen molar-refractivity contribution in [2.75, 3.05) is 31.6 Å². The summed E-state index contributed by atoms with van der Waals surface area (Å²) < 4.78 is 25.9. The monoisotopic (exact) mass is 371 g/mol. The Morgan fingerprint density at radius 2 is 1.83 bits per heavy atom. The number of nitrogens with one attached hydrogen (secondary N) is 1. The van der Waals surface area contributed by atoms with Crippen LogP contribution in [0.1, 0.15) is 30.1 Å². The standard InChI is InChI=1S/C15H23F2N3O.2ClH/c1-3-4-9-20(2)13-7-5-12(6-8-13)14(21)19-11-15(16,17)10-18;;/h5-8H,3-4,9-11,18H2,1-2H3,(H,19,21);2*1H. The van der Waals surface area contributed by atoms with Crippen LogP contribution in [0.5, 0.6) is 0 Å². The Hall–Kier alpha value is -1.11. The van der Waals surface area contributed by atoms with Crippen LogP contribution in [0.25, 0.3) is 0 Å². The molecule has 1 aromatic rings. The minimum absolute atomic E-state index is 0. The van der Waals surface area contributed by atoms with Crippen molar-refractivity contribution in [3.63, 3.8) is 0 Å². The molecule has 1 rings (SSSR count). The van der Waals surface area contributed by atoms with E-state index in [-0.39, 0.29) is 24.8 Å². The number of nitrogens with zero attached hydrogens (tertiary/aromatic N) is 1. The number of anilines is 1. The van der Waals surface area contributed by atoms with Gasteiger partial charge in [-0.2, -0.15) is 0 Å². The average molecular weight is 372 g/mol. The molecule has 0 unspecified atom stereocenters. The molecule has 0 aliphatic carbocycles. The molecule has 134 valence electrons. The maximum atomic E-state index is 13.0. The molecule has 4 nitrogen and oxygen atoms in total. The molecule has 1 amide bonds. The quantitative estimate of drug-likeness (QED) is 0.737. The molecule has 0 spiro atoms. The van der Waals surface area contributed by atoms with Crippen molar-refractivity contribution < 1.29 is 13.6 Å². The SMILES string of the molecule is CCCCN(C)c1ccc(C(=O)NCC(F)(F)CN)cc1.Cl.Cl. The first-order valence-electron chi connectivity index (χ1n) is 7.07. The van der Waals surface area contributed by atoms with Crippen molar-refractivity contribution in [2.24, 2.45) is 5.73 Å². The maximum Gasteiger partial charge on any atom is 0.277 e. The van der Waals surface area contributed by atoms with E-state index >= 15 is 0 Å². The highest BCUT2D eigenvalue weighted by molar-refractivity contribution is 5.94. The third kappa shape index (κ3) is 8.34. The number of hydrogen-bond donors (Lipinski definition) is 2. The molecule has 0 aliphatic rings. The molecule has 23 heavy (non-hydrogen) atoms. The van der Waals surface area contributed by atoms with E-state index in [1.54, 1.807) is 12.1 Å². The van der Waals surface area contributed by atoms with Gasteiger partial charge in [0.25, 0.3) is 11.8 Å². The first-order valence-corrected chi connectivity index (χ1v) is 7.07. The summed E-state index contributed by atoms with van der Waals surface area (Å²) in [6.45, 7) is 1.53. The fourth-order valence-electron chi connectivity index (χ4n) is 1.78. The van der Waals surface area contributed by atoms with Crippen LogP contribution in [0, 0.1) is 0 Å². The molecule has 0 saturated carbocycles. The van der Waals surface area contributed by atoms with Gasteiger partial charge >= 0.3 is 0 Å². The lowest BCUT2D eigenvalue weighted by atomic mass is 10.1. The summed E-state index contributed by atoms with van der Waals surface area (Å²) in [5.41, 5.74) is 6.27. The van der Waals surface area contributed by atoms with Crippen LogP contribution in [-0.4, -0.2) is 38.5 Å². The van der Waals surface area contributed by atoms with Crippen LogP contribution in [0.2, 0.25) is 0 Å². The second-order valence-corrected chi connectivity index (χ2v) is 5.06. The predicted molar refractivity (Wildman–Crippen MR) is 95.5 cm³/mol. The van der Waals surface area contributed by atoms with Crippen molar-refractivity contribution in [1.82, 2.24) is 5.32 Å². The van der Waals surface area contributed by atoms with Crippen molar-refractivity contribution in [1.29, 1.82) is 0 Å². The van der Waals surface area contributed by atoms with Crippen LogP contribution >= 0.6 is 24.8 Å². The lowest BCUT2D eigenvalue weighted by Gasteiger charge is -2.19. The summed E-state index contributed by atoms with van der Waals surface area (Å²) in [5.74, 6) is -3.60. The number of carbonyl (C=O) groups excluding carboxylic acids is 1. The van der Waals surface area contributed by atoms with Gasteiger partial charge in [-0.3, -0.25) is 4.79 Å². The smallest absolute Gasteiger partial charge is 0.277 e. The molecular weight excluding hydrogens is 347 g/mol. The maximum absolute atomic E-state index is 13.0. The highest BCUT2D eigenvalue weighted by Crippen LogP contribution is 2.15. The molecule has 1 aromatic carbocycles. The van der Waals surface area contributed by atoms with Gasteiger partial charge in [-0.25, -0.2) is 8.78 Å². The molecule has 0 radical (unpaired) electrons. The van der Waals surface area contributed by atoms with E-state index in [0.717, 1.165) is 25.1 Å². The van der Waals surface area contributed by atoms with Crippen LogP contribution in [0.15, 0.2) is 24.3 Å². The van der Waals surface area contributed by atoms with E-state index in [1.807, 2.05) is 19.2 Å². The second-order valence-electron chi connectivity index (χ2n) is 5.06. The zero-order valence-electron chi connectivity index (χ0n) is 13.4. The van der Waals surface area contributed by atoms with Crippen LogP contribution in [0.3, 0.4) is 0 Å². The number of unbranched alkanes of at least 4 members (excludes halogenated alkanes) is 1. The second kappa shape index (κ2) is 11.4. The van der Waals surface area contributed by atoms with Gasteiger partial charge in [0.1, 0.15) is 0 Å². The predicted octanol–water partition coefficient (Wildman–Crippen LogP) is 3.09. The van der Waals surface area contributed by atoms with E-state index in [4.69, 9.17) is 5.73 Å². The number of alkyl halides is 2. The third-order valence-electron chi connectivity index (χ3n) is 3.22. The van der Waals surface area contributed by atoms with Gasteiger partial charge in [0.2, 0.25) is 0 Å². The summed E-state index contributed by atoms with van der Waals surface area (Å²) in [5, 5.41) is 2.19. The number of carbonyl (C=O) groups is 1. The Morgan fingerprint density at radius 3 is 2.30 bits per heavy atom. The van der Waals surface area contributed by atoms with E-state index in [9.17, 15) is 13.6 Å². The molecule has 0 heterocycles. The summed E-state index contributed by atoms with van der Waals surface area (Å²) in [6, 6.07) is 6.89. The van der Waals surface area contributed by atoms with Gasteiger partial charge in [0, 0.05) is 24.8 Å². The molecule has 0 saturated heterocycles. The van der Waals surface area contributed by atoms with Gasteiger partial charge in [-0.15, -0.1) is 24.8 Å². The number of benzene rings is 1. The van der Waals surface area contributed by atoms with E-state index < -0.39 is 24.9 Å². The zero-order chi connectivity index (χ0) is 15.9. The zero-order valence-corrected chi connectivity index (χ0v) is 15.0. The molecule has 3 N–H and O–H groups in total. The Morgan fingerprint density at radius 1 is 1.26 bits per heavy atom. The molecule has 0 atom stereocenters. The van der Waals surface area contributed by atoms with Crippen molar-refractivity contribution in [3.8, 4) is 0 Å². The summed E-state index contributed by atoms with van der Waals surface area (Å²) in [6.07, 6.45) is 2.20. The first kappa shape index (κ1) is 24.1. The highest BCUT2D eigenvalue weighted by atomic mass is 35.5. The van der Waals surface area contributed by atoms with Crippen molar-refractivity contribution in [3.05, 3.63) is 29.8 Å². The van der Waals surface area contributed by atoms with Crippen molar-refractivity contribution >= 4 is 36.4 Å². The Kier molecular flexibility index (Phi) is 12.0. The van der Waals surface area contributed by atoms with Gasteiger partial charge in [0.05, 0.1) is 13.1 Å². The van der Waals surface area contributed by atoms with Gasteiger partial charge in [-0.1, -0.05) is 13.3 Å². The molecular formula is C15H25Cl2F2N3O. The van der Waals surface area contributed by atoms with Gasteiger partial charge < -0.3 is 16.0 Å². The molecule has 0 aliphatic heterocycles. The van der Waals surface area contributed by atoms with Gasteiger partial charge in [0.15, 0.2) is 0 Å². The van der Waals surface area contributed by atoms with E-state index in [0.29, 0.717) is 5.56 Å². The minimum atomic E-state index is -3.07. The number of rotatable bonds is 8. The number of amides is 1. The number of halogens is 4. The van der Waals surface area contributed by atoms with Crippen LogP contribution < -0.4 is 16.0 Å². The normalized spacial score (nSPS) is 10.3. The third-order valence-corrected chi connectivity index (χ3v) is 3.22. The number of nitrogens with two attached hydrogens (primary N) is 1.